The first-order valence-electron chi connectivity index (χ1n) is 5.23. The van der Waals surface area contributed by atoms with Crippen LogP contribution in [0.4, 0.5) is 4.39 Å². The highest BCUT2D eigenvalue weighted by Gasteiger charge is 2.10. The van der Waals surface area contributed by atoms with E-state index in [1.165, 1.54) is 17.4 Å². The highest BCUT2D eigenvalue weighted by Crippen LogP contribution is 2.25. The van der Waals surface area contributed by atoms with Crippen molar-refractivity contribution in [2.24, 2.45) is 0 Å². The number of hydrogen-bond donors (Lipinski definition) is 0. The van der Waals surface area contributed by atoms with Gasteiger partial charge in [0, 0.05) is 11.4 Å². The van der Waals surface area contributed by atoms with Crippen molar-refractivity contribution in [1.29, 1.82) is 0 Å². The van der Waals surface area contributed by atoms with Crippen molar-refractivity contribution in [2.75, 3.05) is 0 Å². The van der Waals surface area contributed by atoms with Gasteiger partial charge < -0.3 is 0 Å². The minimum absolute atomic E-state index is 0.464. The summed E-state index contributed by atoms with van der Waals surface area (Å²) < 4.78 is 15.1. The normalized spacial score (nSPS) is 11.2. The van der Waals surface area contributed by atoms with Crippen LogP contribution in [0.1, 0.15) is 11.4 Å². The van der Waals surface area contributed by atoms with Gasteiger partial charge in [0.25, 0.3) is 0 Å². The monoisotopic (exact) mass is 247 g/mol. The highest BCUT2D eigenvalue weighted by atomic mass is 32.1. The average Bonchev–Trinajstić information content (AvgIpc) is 2.81. The predicted octanol–water partition coefficient (Wildman–Crippen LogP) is 3.24. The molecule has 5 heteroatoms. The number of fused-ring (bicyclic) bond motifs is 1. The van der Waals surface area contributed by atoms with Crippen LogP contribution in [0, 0.1) is 19.8 Å². The third kappa shape index (κ3) is 1.63. The molecule has 0 spiro atoms. The van der Waals surface area contributed by atoms with E-state index in [2.05, 4.69) is 9.97 Å². The molecule has 0 radical (unpaired) electrons. The Bertz CT molecular complexity index is 679. The Kier molecular flexibility index (Phi) is 2.22. The Hall–Kier alpha value is -1.75. The summed E-state index contributed by atoms with van der Waals surface area (Å²) in [4.78, 5) is 8.94. The number of rotatable bonds is 1. The van der Waals surface area contributed by atoms with E-state index in [4.69, 9.17) is 0 Å². The van der Waals surface area contributed by atoms with E-state index in [9.17, 15) is 4.39 Å². The highest BCUT2D eigenvalue weighted by molar-refractivity contribution is 7.20. The molecule has 0 N–H and O–H groups in total. The Morgan fingerprint density at radius 2 is 1.76 bits per heavy atom. The van der Waals surface area contributed by atoms with Gasteiger partial charge in [-0.05, 0) is 38.1 Å². The predicted molar refractivity (Wildman–Crippen MR) is 66.2 cm³/mol. The van der Waals surface area contributed by atoms with Crippen LogP contribution in [-0.4, -0.2) is 14.5 Å². The van der Waals surface area contributed by atoms with Gasteiger partial charge in [0.1, 0.15) is 10.3 Å². The van der Waals surface area contributed by atoms with Gasteiger partial charge in [-0.3, -0.25) is 4.57 Å². The van der Waals surface area contributed by atoms with Crippen LogP contribution in [-0.2, 0) is 0 Å². The zero-order valence-electron chi connectivity index (χ0n) is 9.44. The first-order chi connectivity index (χ1) is 8.15. The summed E-state index contributed by atoms with van der Waals surface area (Å²) in [6, 6.07) is 7.07. The second-order valence-electron chi connectivity index (χ2n) is 3.91. The number of pyridine rings is 1. The van der Waals surface area contributed by atoms with E-state index in [1.54, 1.807) is 6.07 Å². The lowest BCUT2D eigenvalue weighted by Gasteiger charge is -2.03. The number of nitrogens with zero attached hydrogens (tertiary/aromatic N) is 3. The molecule has 3 heterocycles. The molecule has 17 heavy (non-hydrogen) atoms. The number of hydrogen-bond acceptors (Lipinski definition) is 3. The van der Waals surface area contributed by atoms with E-state index >= 15 is 0 Å². The number of thiazole rings is 1. The number of aromatic nitrogens is 3. The van der Waals surface area contributed by atoms with Gasteiger partial charge in [0.05, 0.1) is 0 Å². The minimum Gasteiger partial charge on any atom is -0.295 e. The van der Waals surface area contributed by atoms with Crippen LogP contribution in [0.2, 0.25) is 0 Å². The SMILES string of the molecule is Cc1ccc(C)n1-c1nc2ccc(F)nc2s1. The maximum atomic E-state index is 13.0. The summed E-state index contributed by atoms with van der Waals surface area (Å²) in [7, 11) is 0. The zero-order valence-corrected chi connectivity index (χ0v) is 10.3. The van der Waals surface area contributed by atoms with Gasteiger partial charge in [-0.25, -0.2) is 9.97 Å². The van der Waals surface area contributed by atoms with E-state index in [0.717, 1.165) is 22.0 Å². The molecule has 0 aromatic carbocycles. The molecule has 0 saturated carbocycles. The second kappa shape index (κ2) is 3.63. The lowest BCUT2D eigenvalue weighted by molar-refractivity contribution is 0.589. The number of aryl methyl sites for hydroxylation is 2. The molecule has 0 unspecified atom stereocenters. The number of halogens is 1. The molecule has 0 aliphatic rings. The standard InChI is InChI=1S/C12H10FN3S/c1-7-3-4-8(2)16(7)12-14-9-5-6-10(13)15-11(9)17-12/h3-6H,1-2H3. The molecule has 3 rings (SSSR count). The van der Waals surface area contributed by atoms with E-state index in [-0.39, 0.29) is 0 Å². The van der Waals surface area contributed by atoms with Crippen molar-refractivity contribution in [2.45, 2.75) is 13.8 Å². The Labute approximate surface area is 102 Å². The maximum absolute atomic E-state index is 13.0. The maximum Gasteiger partial charge on any atom is 0.214 e. The molecule has 0 aliphatic carbocycles. The van der Waals surface area contributed by atoms with Gasteiger partial charge in [-0.15, -0.1) is 0 Å². The molecule has 3 nitrogen and oxygen atoms in total. The second-order valence-corrected chi connectivity index (χ2v) is 4.86. The minimum atomic E-state index is -0.464. The first-order valence-corrected chi connectivity index (χ1v) is 6.05. The van der Waals surface area contributed by atoms with Crippen molar-refractivity contribution in [3.63, 3.8) is 0 Å². The molecule has 0 bridgehead atoms. The molecule has 0 aliphatic heterocycles. The quantitative estimate of drug-likeness (QED) is 0.618. The van der Waals surface area contributed by atoms with Crippen LogP contribution in [0.15, 0.2) is 24.3 Å². The van der Waals surface area contributed by atoms with Crippen molar-refractivity contribution < 1.29 is 4.39 Å². The fraction of sp³-hybridized carbons (Fsp3) is 0.167. The average molecular weight is 247 g/mol. The lowest BCUT2D eigenvalue weighted by Crippen LogP contribution is -1.97. The molecular formula is C12H10FN3S. The van der Waals surface area contributed by atoms with Crippen molar-refractivity contribution in [1.82, 2.24) is 14.5 Å². The Morgan fingerprint density at radius 1 is 1.06 bits per heavy atom. The van der Waals surface area contributed by atoms with Gasteiger partial charge in [0.15, 0.2) is 5.13 Å². The molecule has 0 amide bonds. The van der Waals surface area contributed by atoms with E-state index in [1.807, 2.05) is 30.5 Å². The largest absolute Gasteiger partial charge is 0.295 e. The fourth-order valence-corrected chi connectivity index (χ4v) is 2.90. The summed E-state index contributed by atoms with van der Waals surface area (Å²) in [5, 5.41) is 0.832. The first kappa shape index (κ1) is 10.4. The molecule has 0 atom stereocenters. The third-order valence-electron chi connectivity index (χ3n) is 2.67. The van der Waals surface area contributed by atoms with Crippen molar-refractivity contribution >= 4 is 21.7 Å². The molecule has 86 valence electrons. The molecule has 3 aromatic heterocycles. The van der Waals surface area contributed by atoms with Crippen LogP contribution in [0.3, 0.4) is 0 Å². The van der Waals surface area contributed by atoms with Crippen LogP contribution < -0.4 is 0 Å². The van der Waals surface area contributed by atoms with Crippen molar-refractivity contribution in [3.8, 4) is 5.13 Å². The fourth-order valence-electron chi connectivity index (χ4n) is 1.85. The van der Waals surface area contributed by atoms with E-state index in [0.29, 0.717) is 4.83 Å². The summed E-state index contributed by atoms with van der Waals surface area (Å²) in [5.74, 6) is -0.464. The van der Waals surface area contributed by atoms with Gasteiger partial charge in [0.2, 0.25) is 5.95 Å². The summed E-state index contributed by atoms with van der Waals surface area (Å²) in [5.41, 5.74) is 2.96. The molecular weight excluding hydrogens is 237 g/mol. The van der Waals surface area contributed by atoms with Gasteiger partial charge in [-0.2, -0.15) is 4.39 Å². The summed E-state index contributed by atoms with van der Waals surface area (Å²) in [6.45, 7) is 4.04. The Balaban J connectivity index is 2.25. The molecule has 0 fully saturated rings. The zero-order chi connectivity index (χ0) is 12.0. The lowest BCUT2D eigenvalue weighted by atomic mass is 10.4. The van der Waals surface area contributed by atoms with Crippen LogP contribution in [0.5, 0.6) is 0 Å². The molecule has 0 saturated heterocycles. The van der Waals surface area contributed by atoms with E-state index < -0.39 is 5.95 Å². The smallest absolute Gasteiger partial charge is 0.214 e. The summed E-state index contributed by atoms with van der Waals surface area (Å²) in [6.07, 6.45) is 0. The van der Waals surface area contributed by atoms with Gasteiger partial charge in [-0.1, -0.05) is 11.3 Å². The molecule has 3 aromatic rings. The van der Waals surface area contributed by atoms with Gasteiger partial charge >= 0.3 is 0 Å². The third-order valence-corrected chi connectivity index (χ3v) is 3.62. The topological polar surface area (TPSA) is 30.7 Å². The summed E-state index contributed by atoms with van der Waals surface area (Å²) >= 11 is 1.40. The van der Waals surface area contributed by atoms with Crippen LogP contribution in [0.25, 0.3) is 15.5 Å². The van der Waals surface area contributed by atoms with Crippen LogP contribution >= 0.6 is 11.3 Å². The van der Waals surface area contributed by atoms with Crippen molar-refractivity contribution in [3.05, 3.63) is 41.6 Å². The Morgan fingerprint density at radius 3 is 2.47 bits per heavy atom.